The predicted molar refractivity (Wildman–Crippen MR) is 95.1 cm³/mol. The standard InChI is InChI=1S/C18H26ClN3O2/c1-13(15-10-20-11-15)18(23)21-12-17(22-5-7-24-8-6-22)14-3-2-4-16(19)9-14/h2-4,9,13,15,17,20H,5-8,10-12H2,1H3,(H,21,23). The van der Waals surface area contributed by atoms with Gasteiger partial charge in [-0.25, -0.2) is 0 Å². The first-order chi connectivity index (χ1) is 11.6. The first-order valence-electron chi connectivity index (χ1n) is 8.71. The summed E-state index contributed by atoms with van der Waals surface area (Å²) in [4.78, 5) is 14.8. The topological polar surface area (TPSA) is 53.6 Å². The van der Waals surface area contributed by atoms with Crippen LogP contribution < -0.4 is 10.6 Å². The highest BCUT2D eigenvalue weighted by Crippen LogP contribution is 2.24. The molecule has 2 saturated heterocycles. The Hall–Kier alpha value is -1.14. The fraction of sp³-hybridized carbons (Fsp3) is 0.611. The highest BCUT2D eigenvalue weighted by atomic mass is 35.5. The number of carbonyl (C=O) groups is 1. The summed E-state index contributed by atoms with van der Waals surface area (Å²) in [6, 6.07) is 8.05. The van der Waals surface area contributed by atoms with E-state index in [0.29, 0.717) is 12.5 Å². The van der Waals surface area contributed by atoms with Crippen molar-refractivity contribution in [1.29, 1.82) is 0 Å². The van der Waals surface area contributed by atoms with Crippen LogP contribution in [0.15, 0.2) is 24.3 Å². The summed E-state index contributed by atoms with van der Waals surface area (Å²) in [6.07, 6.45) is 0. The van der Waals surface area contributed by atoms with Gasteiger partial charge in [-0.15, -0.1) is 0 Å². The van der Waals surface area contributed by atoms with Gasteiger partial charge in [0.05, 0.1) is 19.3 Å². The van der Waals surface area contributed by atoms with E-state index < -0.39 is 0 Å². The second-order valence-electron chi connectivity index (χ2n) is 6.67. The molecule has 2 fully saturated rings. The third-order valence-corrected chi connectivity index (χ3v) is 5.36. The average Bonchev–Trinajstić information content (AvgIpc) is 2.54. The van der Waals surface area contributed by atoms with Crippen LogP contribution >= 0.6 is 11.6 Å². The molecule has 1 aromatic rings. The molecule has 1 aromatic carbocycles. The Morgan fingerprint density at radius 1 is 1.42 bits per heavy atom. The predicted octanol–water partition coefficient (Wildman–Crippen LogP) is 1.69. The van der Waals surface area contributed by atoms with Gasteiger partial charge in [0, 0.05) is 30.6 Å². The number of halogens is 1. The summed E-state index contributed by atoms with van der Waals surface area (Å²) in [6.45, 7) is 7.70. The van der Waals surface area contributed by atoms with E-state index in [9.17, 15) is 4.79 Å². The molecule has 2 aliphatic heterocycles. The zero-order valence-electron chi connectivity index (χ0n) is 14.1. The third-order valence-electron chi connectivity index (χ3n) is 5.12. The second-order valence-corrected chi connectivity index (χ2v) is 7.11. The highest BCUT2D eigenvalue weighted by molar-refractivity contribution is 6.30. The van der Waals surface area contributed by atoms with Gasteiger partial charge in [0.25, 0.3) is 0 Å². The SMILES string of the molecule is CC(C(=O)NCC(c1cccc(Cl)c1)N1CCOCC1)C1CNC1. The number of ether oxygens (including phenoxy) is 1. The Labute approximate surface area is 148 Å². The Kier molecular flexibility index (Phi) is 6.11. The van der Waals surface area contributed by atoms with Gasteiger partial charge >= 0.3 is 0 Å². The number of hydrogen-bond donors (Lipinski definition) is 2. The van der Waals surface area contributed by atoms with Gasteiger partial charge in [-0.1, -0.05) is 30.7 Å². The van der Waals surface area contributed by atoms with Crippen LogP contribution in [0.5, 0.6) is 0 Å². The molecule has 2 N–H and O–H groups in total. The molecule has 0 aliphatic carbocycles. The minimum atomic E-state index is 0.0518. The highest BCUT2D eigenvalue weighted by Gasteiger charge is 2.30. The summed E-state index contributed by atoms with van der Waals surface area (Å²) in [5, 5.41) is 7.11. The maximum absolute atomic E-state index is 12.5. The number of nitrogens with zero attached hydrogens (tertiary/aromatic N) is 1. The lowest BCUT2D eigenvalue weighted by atomic mass is 9.88. The summed E-state index contributed by atoms with van der Waals surface area (Å²) < 4.78 is 5.46. The lowest BCUT2D eigenvalue weighted by Crippen LogP contribution is -2.51. The fourth-order valence-electron chi connectivity index (χ4n) is 3.30. The maximum atomic E-state index is 12.5. The Bertz CT molecular complexity index is 559. The van der Waals surface area contributed by atoms with Crippen molar-refractivity contribution in [2.24, 2.45) is 11.8 Å². The molecule has 2 atom stereocenters. The number of amides is 1. The molecule has 0 aromatic heterocycles. The van der Waals surface area contributed by atoms with E-state index >= 15 is 0 Å². The van der Waals surface area contributed by atoms with E-state index in [0.717, 1.165) is 50.0 Å². The minimum absolute atomic E-state index is 0.0518. The summed E-state index contributed by atoms with van der Waals surface area (Å²) >= 11 is 6.17. The van der Waals surface area contributed by atoms with Crippen LogP contribution in [0.25, 0.3) is 0 Å². The van der Waals surface area contributed by atoms with E-state index in [1.807, 2.05) is 25.1 Å². The van der Waals surface area contributed by atoms with Crippen molar-refractivity contribution in [3.05, 3.63) is 34.9 Å². The van der Waals surface area contributed by atoms with E-state index in [4.69, 9.17) is 16.3 Å². The van der Waals surface area contributed by atoms with E-state index in [1.54, 1.807) is 0 Å². The van der Waals surface area contributed by atoms with E-state index in [2.05, 4.69) is 21.6 Å². The third kappa shape index (κ3) is 4.28. The van der Waals surface area contributed by atoms with Crippen LogP contribution in [0.2, 0.25) is 5.02 Å². The molecule has 6 heteroatoms. The maximum Gasteiger partial charge on any atom is 0.223 e. The molecule has 0 radical (unpaired) electrons. The van der Waals surface area contributed by atoms with Gasteiger partial charge in [-0.3, -0.25) is 9.69 Å². The van der Waals surface area contributed by atoms with Gasteiger partial charge in [0.2, 0.25) is 5.91 Å². The molecule has 0 spiro atoms. The van der Waals surface area contributed by atoms with Gasteiger partial charge in [-0.2, -0.15) is 0 Å². The molecule has 5 nitrogen and oxygen atoms in total. The molecule has 2 heterocycles. The van der Waals surface area contributed by atoms with Crippen LogP contribution in [0, 0.1) is 11.8 Å². The number of nitrogens with one attached hydrogen (secondary N) is 2. The Morgan fingerprint density at radius 3 is 2.79 bits per heavy atom. The van der Waals surface area contributed by atoms with Crippen LogP contribution in [0.1, 0.15) is 18.5 Å². The summed E-state index contributed by atoms with van der Waals surface area (Å²) in [5.74, 6) is 0.649. The van der Waals surface area contributed by atoms with Crippen molar-refractivity contribution in [2.45, 2.75) is 13.0 Å². The molecule has 1 amide bonds. The largest absolute Gasteiger partial charge is 0.379 e. The molecule has 24 heavy (non-hydrogen) atoms. The van der Waals surface area contributed by atoms with Crippen LogP contribution in [-0.2, 0) is 9.53 Å². The van der Waals surface area contributed by atoms with Crippen molar-refractivity contribution >= 4 is 17.5 Å². The number of carbonyl (C=O) groups excluding carboxylic acids is 1. The quantitative estimate of drug-likeness (QED) is 0.819. The van der Waals surface area contributed by atoms with Crippen molar-refractivity contribution < 1.29 is 9.53 Å². The molecule has 2 aliphatic rings. The lowest BCUT2D eigenvalue weighted by molar-refractivity contribution is -0.127. The average molecular weight is 352 g/mol. The number of hydrogen-bond acceptors (Lipinski definition) is 4. The smallest absolute Gasteiger partial charge is 0.223 e. The molecule has 132 valence electrons. The van der Waals surface area contributed by atoms with E-state index in [-0.39, 0.29) is 17.9 Å². The molecule has 0 saturated carbocycles. The minimum Gasteiger partial charge on any atom is -0.379 e. The van der Waals surface area contributed by atoms with Crippen LogP contribution in [0.4, 0.5) is 0 Å². The van der Waals surface area contributed by atoms with Gasteiger partial charge in [0.15, 0.2) is 0 Å². The lowest BCUT2D eigenvalue weighted by Gasteiger charge is -2.36. The van der Waals surface area contributed by atoms with Gasteiger partial charge in [0.1, 0.15) is 0 Å². The van der Waals surface area contributed by atoms with Crippen molar-refractivity contribution in [3.63, 3.8) is 0 Å². The number of benzene rings is 1. The first-order valence-corrected chi connectivity index (χ1v) is 9.08. The Morgan fingerprint density at radius 2 is 2.17 bits per heavy atom. The van der Waals surface area contributed by atoms with Crippen molar-refractivity contribution in [3.8, 4) is 0 Å². The first kappa shape index (κ1) is 17.7. The van der Waals surface area contributed by atoms with Crippen molar-refractivity contribution in [2.75, 3.05) is 45.9 Å². The number of morpholine rings is 1. The monoisotopic (exact) mass is 351 g/mol. The zero-order valence-corrected chi connectivity index (χ0v) is 14.9. The zero-order chi connectivity index (χ0) is 16.9. The van der Waals surface area contributed by atoms with Crippen LogP contribution in [0.3, 0.4) is 0 Å². The molecular weight excluding hydrogens is 326 g/mol. The summed E-state index contributed by atoms with van der Waals surface area (Å²) in [7, 11) is 0. The normalized spacial score (nSPS) is 21.8. The summed E-state index contributed by atoms with van der Waals surface area (Å²) in [5.41, 5.74) is 1.14. The van der Waals surface area contributed by atoms with Gasteiger partial charge < -0.3 is 15.4 Å². The molecular formula is C18H26ClN3O2. The number of rotatable bonds is 6. The fourth-order valence-corrected chi connectivity index (χ4v) is 3.50. The van der Waals surface area contributed by atoms with Gasteiger partial charge in [-0.05, 0) is 36.7 Å². The molecule has 0 bridgehead atoms. The molecule has 2 unspecified atom stereocenters. The second kappa shape index (κ2) is 8.30. The molecule has 3 rings (SSSR count). The van der Waals surface area contributed by atoms with E-state index in [1.165, 1.54) is 0 Å². The van der Waals surface area contributed by atoms with Crippen molar-refractivity contribution in [1.82, 2.24) is 15.5 Å². The Balaban J connectivity index is 1.66. The van der Waals surface area contributed by atoms with Crippen LogP contribution in [-0.4, -0.2) is 56.7 Å².